The highest BCUT2D eigenvalue weighted by Crippen LogP contribution is 2.25. The average Bonchev–Trinajstić information content (AvgIpc) is 2.70. The van der Waals surface area contributed by atoms with Crippen LogP contribution in [0.5, 0.6) is 5.75 Å². The van der Waals surface area contributed by atoms with Crippen LogP contribution in [0.15, 0.2) is 42.5 Å². The fourth-order valence-electron chi connectivity index (χ4n) is 2.42. The van der Waals surface area contributed by atoms with Gasteiger partial charge in [0.25, 0.3) is 5.91 Å². The third kappa shape index (κ3) is 2.19. The number of fused-ring (bicyclic) bond motifs is 1. The van der Waals surface area contributed by atoms with Crippen LogP contribution in [0.1, 0.15) is 27.0 Å². The molecule has 3 heteroatoms. The maximum absolute atomic E-state index is 12.3. The first-order chi connectivity index (χ1) is 9.13. The van der Waals surface area contributed by atoms with Crippen molar-refractivity contribution in [2.45, 2.75) is 20.0 Å². The van der Waals surface area contributed by atoms with Gasteiger partial charge < -0.3 is 10.0 Å². The van der Waals surface area contributed by atoms with Crippen LogP contribution < -0.4 is 0 Å². The highest BCUT2D eigenvalue weighted by atomic mass is 16.3. The van der Waals surface area contributed by atoms with Crippen LogP contribution >= 0.6 is 0 Å². The summed E-state index contributed by atoms with van der Waals surface area (Å²) in [5, 5.41) is 9.26. The Kier molecular flexibility index (Phi) is 2.75. The molecule has 96 valence electrons. The molecular weight excluding hydrogens is 238 g/mol. The molecule has 0 atom stereocenters. The minimum Gasteiger partial charge on any atom is -0.508 e. The fraction of sp³-hybridized carbons (Fsp3) is 0.188. The van der Waals surface area contributed by atoms with Gasteiger partial charge in [0.2, 0.25) is 0 Å². The van der Waals surface area contributed by atoms with Gasteiger partial charge >= 0.3 is 0 Å². The molecule has 0 saturated carbocycles. The van der Waals surface area contributed by atoms with Crippen LogP contribution in [-0.2, 0) is 13.1 Å². The monoisotopic (exact) mass is 253 g/mol. The first-order valence-electron chi connectivity index (χ1n) is 6.30. The number of amides is 1. The van der Waals surface area contributed by atoms with E-state index in [0.717, 1.165) is 22.3 Å². The molecule has 2 aromatic rings. The highest BCUT2D eigenvalue weighted by molar-refractivity contribution is 5.98. The molecule has 1 aliphatic rings. The third-order valence-corrected chi connectivity index (χ3v) is 3.45. The van der Waals surface area contributed by atoms with Crippen molar-refractivity contribution < 1.29 is 9.90 Å². The topological polar surface area (TPSA) is 40.5 Å². The second-order valence-corrected chi connectivity index (χ2v) is 4.99. The molecule has 0 bridgehead atoms. The molecule has 1 amide bonds. The molecule has 19 heavy (non-hydrogen) atoms. The lowest BCUT2D eigenvalue weighted by molar-refractivity contribution is 0.0766. The van der Waals surface area contributed by atoms with E-state index in [1.807, 2.05) is 42.2 Å². The Bertz CT molecular complexity index is 632. The van der Waals surface area contributed by atoms with E-state index < -0.39 is 0 Å². The van der Waals surface area contributed by atoms with Crippen molar-refractivity contribution in [1.82, 2.24) is 4.90 Å². The van der Waals surface area contributed by atoms with Crippen LogP contribution in [0.2, 0.25) is 0 Å². The van der Waals surface area contributed by atoms with Crippen molar-refractivity contribution in [3.05, 3.63) is 64.7 Å². The minimum absolute atomic E-state index is 0.0896. The molecule has 1 aliphatic heterocycles. The second-order valence-electron chi connectivity index (χ2n) is 4.99. The van der Waals surface area contributed by atoms with Crippen molar-refractivity contribution in [1.29, 1.82) is 0 Å². The fourth-order valence-corrected chi connectivity index (χ4v) is 2.42. The number of carbonyl (C=O) groups is 1. The van der Waals surface area contributed by atoms with Crippen molar-refractivity contribution >= 4 is 5.91 Å². The highest BCUT2D eigenvalue weighted by Gasteiger charge is 2.26. The first-order valence-corrected chi connectivity index (χ1v) is 6.30. The van der Waals surface area contributed by atoms with E-state index in [4.69, 9.17) is 0 Å². The van der Waals surface area contributed by atoms with Crippen molar-refractivity contribution in [2.75, 3.05) is 0 Å². The number of carbonyl (C=O) groups excluding carboxylic acids is 1. The van der Waals surface area contributed by atoms with E-state index in [-0.39, 0.29) is 11.7 Å². The van der Waals surface area contributed by atoms with Gasteiger partial charge in [-0.2, -0.15) is 0 Å². The lowest BCUT2D eigenvalue weighted by Crippen LogP contribution is -2.23. The first kappa shape index (κ1) is 11.8. The smallest absolute Gasteiger partial charge is 0.254 e. The van der Waals surface area contributed by atoms with Gasteiger partial charge in [-0.15, -0.1) is 0 Å². The van der Waals surface area contributed by atoms with Gasteiger partial charge in [0.15, 0.2) is 0 Å². The van der Waals surface area contributed by atoms with Crippen LogP contribution in [0.3, 0.4) is 0 Å². The Balaban J connectivity index is 1.82. The van der Waals surface area contributed by atoms with Gasteiger partial charge in [-0.25, -0.2) is 0 Å². The molecule has 0 aliphatic carbocycles. The Hall–Kier alpha value is -2.29. The third-order valence-electron chi connectivity index (χ3n) is 3.45. The summed E-state index contributed by atoms with van der Waals surface area (Å²) < 4.78 is 0. The van der Waals surface area contributed by atoms with Crippen molar-refractivity contribution in [2.24, 2.45) is 0 Å². The molecule has 0 fully saturated rings. The number of phenolic OH excluding ortho intramolecular Hbond substituents is 1. The van der Waals surface area contributed by atoms with E-state index in [0.29, 0.717) is 13.1 Å². The summed E-state index contributed by atoms with van der Waals surface area (Å²) in [7, 11) is 0. The molecule has 0 spiro atoms. The number of rotatable bonds is 2. The molecule has 0 unspecified atom stereocenters. The van der Waals surface area contributed by atoms with Crippen molar-refractivity contribution in [3.8, 4) is 5.75 Å². The van der Waals surface area contributed by atoms with E-state index in [1.165, 1.54) is 0 Å². The molecule has 3 nitrogen and oxygen atoms in total. The lowest BCUT2D eigenvalue weighted by atomic mass is 10.1. The summed E-state index contributed by atoms with van der Waals surface area (Å²) >= 11 is 0. The van der Waals surface area contributed by atoms with Gasteiger partial charge in [-0.3, -0.25) is 4.79 Å². The average molecular weight is 253 g/mol. The Labute approximate surface area is 112 Å². The summed E-state index contributed by atoms with van der Waals surface area (Å²) in [6.07, 6.45) is 0. The normalized spacial score (nSPS) is 13.7. The van der Waals surface area contributed by atoms with Gasteiger partial charge in [0.1, 0.15) is 5.75 Å². The number of aromatic hydroxyl groups is 1. The second kappa shape index (κ2) is 4.43. The number of nitrogens with zero attached hydrogens (tertiary/aromatic N) is 1. The van der Waals surface area contributed by atoms with Crippen LogP contribution in [0.4, 0.5) is 0 Å². The quantitative estimate of drug-likeness (QED) is 0.894. The molecule has 0 aromatic heterocycles. The zero-order chi connectivity index (χ0) is 13.4. The number of hydrogen-bond acceptors (Lipinski definition) is 2. The van der Waals surface area contributed by atoms with Gasteiger partial charge in [0.05, 0.1) is 0 Å². The zero-order valence-corrected chi connectivity index (χ0v) is 10.8. The van der Waals surface area contributed by atoms with E-state index in [2.05, 4.69) is 0 Å². The van der Waals surface area contributed by atoms with Gasteiger partial charge in [-0.1, -0.05) is 29.8 Å². The Morgan fingerprint density at radius 3 is 2.63 bits per heavy atom. The minimum atomic E-state index is 0.0896. The van der Waals surface area contributed by atoms with Crippen LogP contribution in [0.25, 0.3) is 0 Å². The summed E-state index contributed by atoms with van der Waals surface area (Å²) in [6, 6.07) is 13.0. The number of aryl methyl sites for hydroxylation is 1. The molecule has 2 aromatic carbocycles. The van der Waals surface area contributed by atoms with Crippen molar-refractivity contribution in [3.63, 3.8) is 0 Å². The largest absolute Gasteiger partial charge is 0.508 e. The van der Waals surface area contributed by atoms with Gasteiger partial charge in [0, 0.05) is 18.7 Å². The van der Waals surface area contributed by atoms with E-state index in [1.54, 1.807) is 12.1 Å². The summed E-state index contributed by atoms with van der Waals surface area (Å²) in [6.45, 7) is 3.23. The molecule has 1 heterocycles. The summed E-state index contributed by atoms with van der Waals surface area (Å²) in [5.41, 5.74) is 4.04. The number of benzene rings is 2. The Morgan fingerprint density at radius 2 is 1.89 bits per heavy atom. The maximum Gasteiger partial charge on any atom is 0.254 e. The molecule has 0 saturated heterocycles. The van der Waals surface area contributed by atoms with Crippen LogP contribution in [0, 0.1) is 6.92 Å². The zero-order valence-electron chi connectivity index (χ0n) is 10.8. The Morgan fingerprint density at radius 1 is 1.16 bits per heavy atom. The summed E-state index contributed by atoms with van der Waals surface area (Å²) in [5.74, 6) is 0.335. The van der Waals surface area contributed by atoms with E-state index in [9.17, 15) is 9.90 Å². The van der Waals surface area contributed by atoms with E-state index >= 15 is 0 Å². The van der Waals surface area contributed by atoms with Crippen LogP contribution in [-0.4, -0.2) is 15.9 Å². The molecule has 1 N–H and O–H groups in total. The van der Waals surface area contributed by atoms with Gasteiger partial charge in [-0.05, 0) is 36.2 Å². The molecular formula is C16H15NO2. The maximum atomic E-state index is 12.3. The standard InChI is InChI=1S/C16H15NO2/c1-11-2-5-13-10-17(16(19)15(13)8-11)9-12-3-6-14(18)7-4-12/h2-8,18H,9-10H2,1H3. The summed E-state index contributed by atoms with van der Waals surface area (Å²) in [4.78, 5) is 14.1. The number of hydrogen-bond donors (Lipinski definition) is 1. The lowest BCUT2D eigenvalue weighted by Gasteiger charge is -2.15. The predicted molar refractivity (Wildman–Crippen MR) is 72.9 cm³/mol. The predicted octanol–water partition coefficient (Wildman–Crippen LogP) is 2.86. The molecule has 0 radical (unpaired) electrons. The molecule has 3 rings (SSSR count). The number of phenols is 1. The SMILES string of the molecule is Cc1ccc2c(c1)C(=O)N(Cc1ccc(O)cc1)C2.